The number of carbonyl (C=O) groups is 1. The van der Waals surface area contributed by atoms with E-state index in [-0.39, 0.29) is 5.78 Å². The monoisotopic (exact) mass is 223 g/mol. The first-order valence-electron chi connectivity index (χ1n) is 6.09. The van der Waals surface area contributed by atoms with Crippen molar-refractivity contribution in [1.82, 2.24) is 14.8 Å². The van der Waals surface area contributed by atoms with E-state index < -0.39 is 0 Å². The minimum Gasteiger partial charge on any atom is -0.300 e. The van der Waals surface area contributed by atoms with Crippen molar-refractivity contribution in [3.8, 4) is 0 Å². The summed E-state index contributed by atoms with van der Waals surface area (Å²) in [5.74, 6) is 2.24. The molecular formula is C12H21N3O. The number of aromatic nitrogens is 3. The minimum atomic E-state index is 0.267. The number of Topliss-reactive ketones (excluding diaryl/α,β-unsaturated/α-hetero) is 1. The highest BCUT2D eigenvalue weighted by Crippen LogP contribution is 2.04. The Balaban J connectivity index is 2.45. The van der Waals surface area contributed by atoms with Crippen molar-refractivity contribution in [2.75, 3.05) is 0 Å². The van der Waals surface area contributed by atoms with Crippen LogP contribution in [0, 0.1) is 0 Å². The van der Waals surface area contributed by atoms with Crippen LogP contribution in [-0.2, 0) is 24.2 Å². The lowest BCUT2D eigenvalue weighted by atomic mass is 10.2. The average Bonchev–Trinajstić information content (AvgIpc) is 2.66. The molecule has 4 heteroatoms. The van der Waals surface area contributed by atoms with Crippen molar-refractivity contribution in [2.45, 2.75) is 59.4 Å². The molecule has 90 valence electrons. The van der Waals surface area contributed by atoms with Crippen LogP contribution >= 0.6 is 0 Å². The molecule has 0 amide bonds. The fourth-order valence-corrected chi connectivity index (χ4v) is 1.65. The summed E-state index contributed by atoms with van der Waals surface area (Å²) in [7, 11) is 0. The quantitative estimate of drug-likeness (QED) is 0.665. The highest BCUT2D eigenvalue weighted by Gasteiger charge is 2.06. The van der Waals surface area contributed by atoms with Gasteiger partial charge in [0.25, 0.3) is 0 Å². The van der Waals surface area contributed by atoms with Gasteiger partial charge < -0.3 is 4.79 Å². The van der Waals surface area contributed by atoms with E-state index >= 15 is 0 Å². The predicted molar refractivity (Wildman–Crippen MR) is 63.3 cm³/mol. The Bertz CT molecular complexity index is 344. The highest BCUT2D eigenvalue weighted by molar-refractivity contribution is 5.75. The van der Waals surface area contributed by atoms with Crippen molar-refractivity contribution in [3.05, 3.63) is 11.6 Å². The number of nitrogens with zero attached hydrogens (tertiary/aromatic N) is 3. The third-order valence-electron chi connectivity index (χ3n) is 2.57. The zero-order valence-electron chi connectivity index (χ0n) is 10.5. The zero-order chi connectivity index (χ0) is 12.0. The van der Waals surface area contributed by atoms with E-state index in [1.54, 1.807) is 6.92 Å². The Morgan fingerprint density at radius 3 is 2.56 bits per heavy atom. The Hall–Kier alpha value is -1.19. The summed E-state index contributed by atoms with van der Waals surface area (Å²) in [6, 6.07) is 0. The van der Waals surface area contributed by atoms with Crippen LogP contribution in [0.25, 0.3) is 0 Å². The number of unbranched alkanes of at least 4 members (excludes halogenated alkanes) is 1. The maximum atomic E-state index is 10.8. The van der Waals surface area contributed by atoms with Gasteiger partial charge in [0.1, 0.15) is 11.6 Å². The second-order valence-electron chi connectivity index (χ2n) is 4.03. The molecule has 0 aliphatic rings. The predicted octanol–water partition coefficient (Wildman–Crippen LogP) is 2.16. The number of ketones is 1. The molecule has 4 nitrogen and oxygen atoms in total. The van der Waals surface area contributed by atoms with E-state index in [4.69, 9.17) is 0 Å². The molecule has 0 saturated heterocycles. The molecule has 0 spiro atoms. The van der Waals surface area contributed by atoms with Gasteiger partial charge in [-0.1, -0.05) is 13.8 Å². The lowest BCUT2D eigenvalue weighted by Gasteiger charge is -2.03. The minimum absolute atomic E-state index is 0.267. The number of rotatable bonds is 7. The van der Waals surface area contributed by atoms with Crippen LogP contribution in [0.1, 0.15) is 51.7 Å². The first-order chi connectivity index (χ1) is 7.67. The summed E-state index contributed by atoms with van der Waals surface area (Å²) >= 11 is 0. The van der Waals surface area contributed by atoms with Crippen LogP contribution < -0.4 is 0 Å². The summed E-state index contributed by atoms with van der Waals surface area (Å²) in [6.45, 7) is 6.68. The molecule has 1 aromatic rings. The molecule has 0 N–H and O–H groups in total. The van der Waals surface area contributed by atoms with E-state index in [9.17, 15) is 4.79 Å². The lowest BCUT2D eigenvalue weighted by Crippen LogP contribution is -2.05. The molecule has 1 heterocycles. The Morgan fingerprint density at radius 1 is 1.25 bits per heavy atom. The van der Waals surface area contributed by atoms with E-state index in [2.05, 4.69) is 23.9 Å². The summed E-state index contributed by atoms with van der Waals surface area (Å²) in [5, 5.41) is 4.44. The van der Waals surface area contributed by atoms with Gasteiger partial charge in [0.05, 0.1) is 0 Å². The molecule has 16 heavy (non-hydrogen) atoms. The molecule has 0 atom stereocenters. The fraction of sp³-hybridized carbons (Fsp3) is 0.750. The third kappa shape index (κ3) is 3.76. The highest BCUT2D eigenvalue weighted by atomic mass is 16.1. The molecule has 0 aliphatic carbocycles. The first-order valence-corrected chi connectivity index (χ1v) is 6.09. The summed E-state index contributed by atoms with van der Waals surface area (Å²) in [6.07, 6.45) is 4.42. The zero-order valence-corrected chi connectivity index (χ0v) is 10.5. The van der Waals surface area contributed by atoms with Gasteiger partial charge >= 0.3 is 0 Å². The van der Waals surface area contributed by atoms with Gasteiger partial charge in [0, 0.05) is 25.8 Å². The smallest absolute Gasteiger partial charge is 0.150 e. The molecular weight excluding hydrogens is 202 g/mol. The molecule has 0 unspecified atom stereocenters. The second-order valence-corrected chi connectivity index (χ2v) is 4.03. The van der Waals surface area contributed by atoms with Gasteiger partial charge in [0.15, 0.2) is 5.82 Å². The van der Waals surface area contributed by atoms with Crippen molar-refractivity contribution in [1.29, 1.82) is 0 Å². The number of hydrogen-bond acceptors (Lipinski definition) is 3. The van der Waals surface area contributed by atoms with Gasteiger partial charge in [0.2, 0.25) is 0 Å². The maximum Gasteiger partial charge on any atom is 0.150 e. The fourth-order valence-electron chi connectivity index (χ4n) is 1.65. The largest absolute Gasteiger partial charge is 0.300 e. The van der Waals surface area contributed by atoms with Crippen LogP contribution in [0.3, 0.4) is 0 Å². The van der Waals surface area contributed by atoms with Crippen LogP contribution in [0.2, 0.25) is 0 Å². The third-order valence-corrected chi connectivity index (χ3v) is 2.57. The molecule has 0 saturated carbocycles. The lowest BCUT2D eigenvalue weighted by molar-refractivity contribution is -0.117. The molecule has 0 fully saturated rings. The van der Waals surface area contributed by atoms with E-state index in [0.717, 1.165) is 43.9 Å². The van der Waals surface area contributed by atoms with E-state index in [1.165, 1.54) is 0 Å². The van der Waals surface area contributed by atoms with Crippen LogP contribution in [0.15, 0.2) is 0 Å². The average molecular weight is 223 g/mol. The van der Waals surface area contributed by atoms with Crippen LogP contribution in [0.5, 0.6) is 0 Å². The van der Waals surface area contributed by atoms with Gasteiger partial charge in [-0.15, -0.1) is 0 Å². The number of aryl methyl sites for hydroxylation is 3. The molecule has 1 rings (SSSR count). The molecule has 0 bridgehead atoms. The SMILES string of the molecule is CCc1nc(CC)n(CCCCC(C)=O)n1. The standard InChI is InChI=1S/C12H21N3O/c1-4-11-13-12(5-2)15(14-11)9-7-6-8-10(3)16/h4-9H2,1-3H3. The van der Waals surface area contributed by atoms with Crippen molar-refractivity contribution in [3.63, 3.8) is 0 Å². The van der Waals surface area contributed by atoms with Crippen molar-refractivity contribution in [2.24, 2.45) is 0 Å². The van der Waals surface area contributed by atoms with Crippen molar-refractivity contribution >= 4 is 5.78 Å². The van der Waals surface area contributed by atoms with Crippen LogP contribution in [0.4, 0.5) is 0 Å². The summed E-state index contributed by atoms with van der Waals surface area (Å²) in [4.78, 5) is 15.2. The molecule has 1 aromatic heterocycles. The Kier molecular flexibility index (Phi) is 5.15. The van der Waals surface area contributed by atoms with Gasteiger partial charge in [-0.05, 0) is 19.8 Å². The maximum absolute atomic E-state index is 10.8. The van der Waals surface area contributed by atoms with Crippen LogP contribution in [-0.4, -0.2) is 20.5 Å². The topological polar surface area (TPSA) is 47.8 Å². The van der Waals surface area contributed by atoms with E-state index in [1.807, 2.05) is 4.68 Å². The second kappa shape index (κ2) is 6.40. The Labute approximate surface area is 97.1 Å². The normalized spacial score (nSPS) is 10.7. The molecule has 0 aromatic carbocycles. The summed E-state index contributed by atoms with van der Waals surface area (Å²) < 4.78 is 1.99. The number of carbonyl (C=O) groups excluding carboxylic acids is 1. The van der Waals surface area contributed by atoms with Gasteiger partial charge in [-0.2, -0.15) is 5.10 Å². The first kappa shape index (κ1) is 12.9. The van der Waals surface area contributed by atoms with E-state index in [0.29, 0.717) is 6.42 Å². The molecule has 0 radical (unpaired) electrons. The van der Waals surface area contributed by atoms with Crippen molar-refractivity contribution < 1.29 is 4.79 Å². The Morgan fingerprint density at radius 2 is 2.00 bits per heavy atom. The number of hydrogen-bond donors (Lipinski definition) is 0. The van der Waals surface area contributed by atoms with Gasteiger partial charge in [-0.25, -0.2) is 9.67 Å². The molecule has 0 aliphatic heterocycles. The summed E-state index contributed by atoms with van der Waals surface area (Å²) in [5.41, 5.74) is 0. The van der Waals surface area contributed by atoms with Gasteiger partial charge in [-0.3, -0.25) is 0 Å².